The number of benzene rings is 2. The Hall–Kier alpha value is -2.72. The van der Waals surface area contributed by atoms with Gasteiger partial charge in [0.05, 0.1) is 10.5 Å². The first-order chi connectivity index (χ1) is 14.5. The minimum absolute atomic E-state index is 0.113. The van der Waals surface area contributed by atoms with Gasteiger partial charge >= 0.3 is 6.18 Å². The highest BCUT2D eigenvalue weighted by atomic mass is 32.2. The summed E-state index contributed by atoms with van der Waals surface area (Å²) in [5.74, 6) is -1.39. The first-order valence-corrected chi connectivity index (χ1v) is 11.4. The Balaban J connectivity index is 1.88. The molecule has 1 N–H and O–H groups in total. The fourth-order valence-corrected chi connectivity index (χ4v) is 5.79. The number of carbonyl (C=O) groups is 1. The summed E-state index contributed by atoms with van der Waals surface area (Å²) in [6.07, 6.45) is -4.61. The van der Waals surface area contributed by atoms with E-state index in [4.69, 9.17) is 0 Å². The number of hydrogen-bond acceptors (Lipinski definition) is 4. The molecule has 0 bridgehead atoms. The molecule has 164 valence electrons. The van der Waals surface area contributed by atoms with Crippen LogP contribution in [0.5, 0.6) is 0 Å². The largest absolute Gasteiger partial charge is 0.416 e. The minimum Gasteiger partial charge on any atom is -0.350 e. The van der Waals surface area contributed by atoms with E-state index in [0.29, 0.717) is 10.9 Å². The van der Waals surface area contributed by atoms with Gasteiger partial charge in [0.15, 0.2) is 9.84 Å². The molecule has 10 heteroatoms. The Morgan fingerprint density at radius 1 is 1.10 bits per heavy atom. The van der Waals surface area contributed by atoms with E-state index >= 15 is 0 Å². The molecular weight excluding hydrogens is 454 g/mol. The summed E-state index contributed by atoms with van der Waals surface area (Å²) in [6.45, 7) is 1.07. The summed E-state index contributed by atoms with van der Waals surface area (Å²) >= 11 is 1.16. The summed E-state index contributed by atoms with van der Waals surface area (Å²) in [5, 5.41) is 2.90. The molecule has 2 aromatic carbocycles. The maximum atomic E-state index is 13.6. The van der Waals surface area contributed by atoms with Gasteiger partial charge in [-0.2, -0.15) is 13.2 Å². The molecule has 0 spiro atoms. The first-order valence-electron chi connectivity index (χ1n) is 8.99. The van der Waals surface area contributed by atoms with Gasteiger partial charge in [0.25, 0.3) is 5.91 Å². The van der Waals surface area contributed by atoms with Crippen molar-refractivity contribution in [2.75, 3.05) is 6.54 Å². The number of alkyl halides is 3. The maximum Gasteiger partial charge on any atom is 0.416 e. The zero-order valence-electron chi connectivity index (χ0n) is 16.1. The van der Waals surface area contributed by atoms with Gasteiger partial charge in [0, 0.05) is 17.0 Å². The SMILES string of the molecule is Cc1cc(S(=O)(=O)[C@H](CNC(=O)c2cccc(C(F)(F)F)c2)c2cccs2)ccc1F. The molecule has 4 nitrogen and oxygen atoms in total. The van der Waals surface area contributed by atoms with Crippen molar-refractivity contribution < 1.29 is 30.8 Å². The fraction of sp³-hybridized carbons (Fsp3) is 0.190. The van der Waals surface area contributed by atoms with Gasteiger partial charge in [-0.05, 0) is 60.3 Å². The Kier molecular flexibility index (Phi) is 6.51. The van der Waals surface area contributed by atoms with Crippen molar-refractivity contribution in [3.8, 4) is 0 Å². The van der Waals surface area contributed by atoms with E-state index in [-0.39, 0.29) is 22.6 Å². The molecule has 3 rings (SSSR count). The smallest absolute Gasteiger partial charge is 0.350 e. The van der Waals surface area contributed by atoms with Crippen LogP contribution in [-0.2, 0) is 16.0 Å². The van der Waals surface area contributed by atoms with Gasteiger partial charge in [-0.25, -0.2) is 12.8 Å². The monoisotopic (exact) mass is 471 g/mol. The topological polar surface area (TPSA) is 63.2 Å². The lowest BCUT2D eigenvalue weighted by Gasteiger charge is -2.18. The zero-order chi connectivity index (χ0) is 22.8. The Morgan fingerprint density at radius 2 is 1.84 bits per heavy atom. The van der Waals surface area contributed by atoms with Crippen LogP contribution in [0.4, 0.5) is 17.6 Å². The van der Waals surface area contributed by atoms with Gasteiger partial charge in [-0.3, -0.25) is 4.79 Å². The lowest BCUT2D eigenvalue weighted by molar-refractivity contribution is -0.137. The molecule has 1 atom stereocenters. The van der Waals surface area contributed by atoms with E-state index in [1.54, 1.807) is 17.5 Å². The van der Waals surface area contributed by atoms with E-state index in [1.807, 2.05) is 0 Å². The van der Waals surface area contributed by atoms with Crippen LogP contribution >= 0.6 is 11.3 Å². The normalized spacial score (nSPS) is 13.1. The molecule has 0 aliphatic rings. The quantitative estimate of drug-likeness (QED) is 0.399. The molecule has 31 heavy (non-hydrogen) atoms. The van der Waals surface area contributed by atoms with Crippen molar-refractivity contribution in [2.24, 2.45) is 0 Å². The second-order valence-electron chi connectivity index (χ2n) is 6.75. The second-order valence-corrected chi connectivity index (χ2v) is 9.86. The van der Waals surface area contributed by atoms with Crippen molar-refractivity contribution in [3.63, 3.8) is 0 Å². The molecule has 0 aliphatic heterocycles. The van der Waals surface area contributed by atoms with Crippen LogP contribution in [0.15, 0.2) is 64.9 Å². The Labute approximate surface area is 180 Å². The molecule has 0 saturated heterocycles. The first kappa shape index (κ1) is 23.0. The van der Waals surface area contributed by atoms with Gasteiger partial charge in [0.2, 0.25) is 0 Å². The predicted molar refractivity (Wildman–Crippen MR) is 109 cm³/mol. The van der Waals surface area contributed by atoms with E-state index < -0.39 is 38.6 Å². The highest BCUT2D eigenvalue weighted by molar-refractivity contribution is 7.91. The fourth-order valence-electron chi connectivity index (χ4n) is 2.92. The van der Waals surface area contributed by atoms with E-state index in [2.05, 4.69) is 5.32 Å². The Bertz CT molecular complexity index is 1190. The number of halogens is 4. The lowest BCUT2D eigenvalue weighted by atomic mass is 10.1. The molecule has 0 radical (unpaired) electrons. The maximum absolute atomic E-state index is 13.6. The summed E-state index contributed by atoms with van der Waals surface area (Å²) in [6, 6.07) is 10.5. The molecule has 3 aromatic rings. The molecule has 1 aromatic heterocycles. The van der Waals surface area contributed by atoms with Crippen LogP contribution in [0.25, 0.3) is 0 Å². The van der Waals surface area contributed by atoms with Crippen LogP contribution in [0.1, 0.15) is 31.6 Å². The zero-order valence-corrected chi connectivity index (χ0v) is 17.7. The van der Waals surface area contributed by atoms with Gasteiger partial charge in [-0.15, -0.1) is 11.3 Å². The highest BCUT2D eigenvalue weighted by Crippen LogP contribution is 2.33. The van der Waals surface area contributed by atoms with Crippen molar-refractivity contribution in [1.29, 1.82) is 0 Å². The van der Waals surface area contributed by atoms with Gasteiger partial charge in [-0.1, -0.05) is 12.1 Å². The summed E-state index contributed by atoms with van der Waals surface area (Å²) in [7, 11) is -4.02. The van der Waals surface area contributed by atoms with Crippen molar-refractivity contribution in [3.05, 3.63) is 87.4 Å². The summed E-state index contributed by atoms with van der Waals surface area (Å²) in [5.41, 5.74) is -1.07. The number of aryl methyl sites for hydroxylation is 1. The molecule has 1 amide bonds. The average molecular weight is 471 g/mol. The number of nitrogens with one attached hydrogen (secondary N) is 1. The molecular formula is C21H17F4NO3S2. The average Bonchev–Trinajstić information content (AvgIpc) is 3.23. The van der Waals surface area contributed by atoms with Crippen LogP contribution in [-0.4, -0.2) is 20.9 Å². The van der Waals surface area contributed by atoms with Crippen LogP contribution in [0, 0.1) is 12.7 Å². The molecule has 0 unspecified atom stereocenters. The van der Waals surface area contributed by atoms with E-state index in [1.165, 1.54) is 19.1 Å². The van der Waals surface area contributed by atoms with Gasteiger partial charge < -0.3 is 5.32 Å². The predicted octanol–water partition coefficient (Wildman–Crippen LogP) is 5.16. The van der Waals surface area contributed by atoms with E-state index in [9.17, 15) is 30.8 Å². The van der Waals surface area contributed by atoms with Crippen LogP contribution < -0.4 is 5.32 Å². The number of rotatable bonds is 6. The standard InChI is InChI=1S/C21H17F4NO3S2/c1-13-10-16(7-8-17(13)22)31(28,29)19(18-6-3-9-30-18)12-26-20(27)14-4-2-5-15(11-14)21(23,24)25/h2-11,19H,12H2,1H3,(H,26,27)/t19-/m1/s1. The number of hydrogen-bond donors (Lipinski definition) is 1. The molecule has 0 aliphatic carbocycles. The third-order valence-electron chi connectivity index (χ3n) is 4.59. The summed E-state index contributed by atoms with van der Waals surface area (Å²) < 4.78 is 78.7. The number of sulfone groups is 1. The van der Waals surface area contributed by atoms with Crippen LogP contribution in [0.3, 0.4) is 0 Å². The van der Waals surface area contributed by atoms with Crippen LogP contribution in [0.2, 0.25) is 0 Å². The molecule has 0 saturated carbocycles. The molecule has 0 fully saturated rings. The number of thiophene rings is 1. The Morgan fingerprint density at radius 3 is 2.45 bits per heavy atom. The number of amides is 1. The number of carbonyl (C=O) groups excluding carboxylic acids is 1. The molecule has 1 heterocycles. The second kappa shape index (κ2) is 8.80. The minimum atomic E-state index is -4.61. The van der Waals surface area contributed by atoms with Crippen molar-refractivity contribution in [2.45, 2.75) is 23.2 Å². The highest BCUT2D eigenvalue weighted by Gasteiger charge is 2.32. The summed E-state index contributed by atoms with van der Waals surface area (Å²) in [4.78, 5) is 12.8. The third-order valence-corrected chi connectivity index (χ3v) is 7.81. The van der Waals surface area contributed by atoms with E-state index in [0.717, 1.165) is 35.6 Å². The third kappa shape index (κ3) is 5.13. The van der Waals surface area contributed by atoms with Crippen molar-refractivity contribution in [1.82, 2.24) is 5.32 Å². The van der Waals surface area contributed by atoms with Gasteiger partial charge in [0.1, 0.15) is 11.1 Å². The van der Waals surface area contributed by atoms with Crippen molar-refractivity contribution >= 4 is 27.1 Å². The lowest BCUT2D eigenvalue weighted by Crippen LogP contribution is -2.31.